The summed E-state index contributed by atoms with van der Waals surface area (Å²) in [5.41, 5.74) is 3.60. The maximum absolute atomic E-state index is 14.5. The number of methoxy groups -OCH3 is 1. The first-order valence-corrected chi connectivity index (χ1v) is 10.9. The number of hydrogen-bond acceptors (Lipinski definition) is 6. The van der Waals surface area contributed by atoms with Gasteiger partial charge in [-0.1, -0.05) is 36.4 Å². The molecule has 5 rings (SSSR count). The summed E-state index contributed by atoms with van der Waals surface area (Å²) < 4.78 is 40.4. The van der Waals surface area contributed by atoms with Gasteiger partial charge in [-0.05, 0) is 17.7 Å². The molecule has 0 radical (unpaired) electrons. The molecule has 0 saturated heterocycles. The Morgan fingerprint density at radius 1 is 1.03 bits per heavy atom. The first-order valence-electron chi connectivity index (χ1n) is 10.9. The third-order valence-corrected chi connectivity index (χ3v) is 5.70. The van der Waals surface area contributed by atoms with E-state index in [4.69, 9.17) is 9.47 Å². The summed E-state index contributed by atoms with van der Waals surface area (Å²) in [6, 6.07) is 17.6. The molecule has 6 nitrogen and oxygen atoms in total. The van der Waals surface area contributed by atoms with Gasteiger partial charge in [0.1, 0.15) is 12.3 Å². The Morgan fingerprint density at radius 2 is 1.85 bits per heavy atom. The fourth-order valence-corrected chi connectivity index (χ4v) is 4.04. The molecule has 0 spiro atoms. The lowest BCUT2D eigenvalue weighted by Crippen LogP contribution is -2.37. The predicted molar refractivity (Wildman–Crippen MR) is 123 cm³/mol. The Morgan fingerprint density at radius 3 is 2.62 bits per heavy atom. The number of hydrogen-bond donors (Lipinski definition) is 0. The van der Waals surface area contributed by atoms with Crippen molar-refractivity contribution in [1.29, 1.82) is 0 Å². The molecule has 0 fully saturated rings. The van der Waals surface area contributed by atoms with Crippen LogP contribution in [0.5, 0.6) is 5.75 Å². The number of fused-ring (bicyclic) bond motifs is 1. The van der Waals surface area contributed by atoms with Gasteiger partial charge in [0.05, 0.1) is 5.69 Å². The van der Waals surface area contributed by atoms with Gasteiger partial charge in [0.2, 0.25) is 5.82 Å². The number of halogens is 2. The van der Waals surface area contributed by atoms with Gasteiger partial charge >= 0.3 is 0 Å². The Balaban J connectivity index is 1.43. The molecule has 3 heterocycles. The quantitative estimate of drug-likeness (QED) is 0.399. The van der Waals surface area contributed by atoms with E-state index < -0.39 is 17.9 Å². The van der Waals surface area contributed by atoms with E-state index in [-0.39, 0.29) is 12.4 Å². The summed E-state index contributed by atoms with van der Waals surface area (Å²) in [6.07, 6.45) is 3.42. The summed E-state index contributed by atoms with van der Waals surface area (Å²) in [5, 5.41) is 0. The molecule has 2 aromatic heterocycles. The molecule has 1 aliphatic heterocycles. The average Bonchev–Trinajstić information content (AvgIpc) is 2.89. The van der Waals surface area contributed by atoms with Gasteiger partial charge in [0.15, 0.2) is 23.6 Å². The summed E-state index contributed by atoms with van der Waals surface area (Å²) in [4.78, 5) is 15.3. The van der Waals surface area contributed by atoms with Gasteiger partial charge in [0, 0.05) is 55.9 Å². The maximum atomic E-state index is 14.5. The van der Waals surface area contributed by atoms with E-state index in [1.165, 1.54) is 6.07 Å². The normalized spacial score (nSPS) is 15.1. The second-order valence-electron chi connectivity index (χ2n) is 7.86. The number of aromatic nitrogens is 3. The molecule has 4 aromatic rings. The highest BCUT2D eigenvalue weighted by atomic mass is 19.2. The molecule has 2 aromatic carbocycles. The number of ether oxygens (including phenoxy) is 2. The zero-order chi connectivity index (χ0) is 23.5. The Labute approximate surface area is 195 Å². The standard InChI is InChI=1S/C26H22F2N4O2/c1-33-26-19-15-30-25(22-9-5-6-11-29-22)31-21(19)10-12-32(26)18-13-20(27)24(28)23(14-18)34-16-17-7-3-2-4-8-17/h2-9,11,13-15,26H,10,12,16H2,1H3. The largest absolute Gasteiger partial charge is 0.486 e. The number of pyridine rings is 1. The molecule has 0 N–H and O–H groups in total. The molecule has 0 saturated carbocycles. The lowest BCUT2D eigenvalue weighted by molar-refractivity contribution is 0.0932. The van der Waals surface area contributed by atoms with Gasteiger partial charge in [-0.25, -0.2) is 14.4 Å². The molecule has 172 valence electrons. The van der Waals surface area contributed by atoms with Gasteiger partial charge in [-0.15, -0.1) is 0 Å². The van der Waals surface area contributed by atoms with Crippen LogP contribution in [0.25, 0.3) is 11.5 Å². The Kier molecular flexibility index (Phi) is 6.14. The molecule has 1 unspecified atom stereocenters. The van der Waals surface area contributed by atoms with E-state index in [1.807, 2.05) is 53.4 Å². The van der Waals surface area contributed by atoms with Crippen LogP contribution in [-0.2, 0) is 17.8 Å². The first kappa shape index (κ1) is 21.9. The average molecular weight is 460 g/mol. The van der Waals surface area contributed by atoms with Crippen LogP contribution in [0.4, 0.5) is 14.5 Å². The Hall–Kier alpha value is -3.91. The minimum absolute atomic E-state index is 0.126. The second-order valence-corrected chi connectivity index (χ2v) is 7.86. The molecule has 8 heteroatoms. The predicted octanol–water partition coefficient (Wildman–Crippen LogP) is 5.10. The van der Waals surface area contributed by atoms with E-state index in [0.29, 0.717) is 30.2 Å². The SMILES string of the molecule is COC1c2cnc(-c3ccccn3)nc2CCN1c1cc(F)c(F)c(OCc2ccccc2)c1. The molecule has 0 amide bonds. The van der Waals surface area contributed by atoms with Crippen molar-refractivity contribution in [3.8, 4) is 17.3 Å². The van der Waals surface area contributed by atoms with E-state index >= 15 is 0 Å². The van der Waals surface area contributed by atoms with Crippen molar-refractivity contribution in [1.82, 2.24) is 15.0 Å². The highest BCUT2D eigenvalue weighted by Crippen LogP contribution is 2.37. The number of nitrogens with zero attached hydrogens (tertiary/aromatic N) is 4. The molecule has 34 heavy (non-hydrogen) atoms. The first-order chi connectivity index (χ1) is 16.6. The van der Waals surface area contributed by atoms with Gasteiger partial charge in [-0.2, -0.15) is 4.39 Å². The van der Waals surface area contributed by atoms with Crippen LogP contribution in [0.2, 0.25) is 0 Å². The number of rotatable bonds is 6. The van der Waals surface area contributed by atoms with E-state index in [0.717, 1.165) is 22.9 Å². The maximum Gasteiger partial charge on any atom is 0.200 e. The Bertz CT molecular complexity index is 1290. The van der Waals surface area contributed by atoms with Gasteiger partial charge in [0.25, 0.3) is 0 Å². The lowest BCUT2D eigenvalue weighted by Gasteiger charge is -2.37. The molecular formula is C26H22F2N4O2. The smallest absolute Gasteiger partial charge is 0.200 e. The summed E-state index contributed by atoms with van der Waals surface area (Å²) >= 11 is 0. The van der Waals surface area contributed by atoms with Gasteiger partial charge < -0.3 is 14.4 Å². The van der Waals surface area contributed by atoms with Crippen LogP contribution in [0, 0.1) is 11.6 Å². The highest BCUT2D eigenvalue weighted by molar-refractivity contribution is 5.56. The van der Waals surface area contributed by atoms with Crippen LogP contribution >= 0.6 is 0 Å². The van der Waals surface area contributed by atoms with Crippen LogP contribution in [0.3, 0.4) is 0 Å². The monoisotopic (exact) mass is 460 g/mol. The van der Waals surface area contributed by atoms with Crippen molar-refractivity contribution in [3.05, 3.63) is 102 Å². The summed E-state index contributed by atoms with van der Waals surface area (Å²) in [7, 11) is 1.56. The van der Waals surface area contributed by atoms with Gasteiger partial charge in [-0.3, -0.25) is 4.98 Å². The second kappa shape index (κ2) is 9.52. The molecule has 1 atom stereocenters. The number of benzene rings is 2. The zero-order valence-corrected chi connectivity index (χ0v) is 18.5. The van der Waals surface area contributed by atoms with Crippen molar-refractivity contribution in [2.75, 3.05) is 18.6 Å². The minimum Gasteiger partial charge on any atom is -0.486 e. The number of anilines is 1. The fraction of sp³-hybridized carbons (Fsp3) is 0.192. The van der Waals surface area contributed by atoms with Crippen molar-refractivity contribution < 1.29 is 18.3 Å². The van der Waals surface area contributed by atoms with Crippen LogP contribution in [0.1, 0.15) is 23.0 Å². The van der Waals surface area contributed by atoms with Crippen molar-refractivity contribution in [3.63, 3.8) is 0 Å². The van der Waals surface area contributed by atoms with E-state index in [1.54, 1.807) is 19.5 Å². The molecule has 0 aliphatic carbocycles. The third kappa shape index (κ3) is 4.32. The lowest BCUT2D eigenvalue weighted by atomic mass is 10.0. The molecule has 0 bridgehead atoms. The van der Waals surface area contributed by atoms with Crippen LogP contribution in [-0.4, -0.2) is 28.6 Å². The third-order valence-electron chi connectivity index (χ3n) is 5.70. The van der Waals surface area contributed by atoms with E-state index in [9.17, 15) is 8.78 Å². The topological polar surface area (TPSA) is 60.4 Å². The van der Waals surface area contributed by atoms with Crippen molar-refractivity contribution in [2.45, 2.75) is 19.3 Å². The van der Waals surface area contributed by atoms with Crippen LogP contribution < -0.4 is 9.64 Å². The van der Waals surface area contributed by atoms with E-state index in [2.05, 4.69) is 15.0 Å². The van der Waals surface area contributed by atoms with Crippen molar-refractivity contribution >= 4 is 5.69 Å². The fourth-order valence-electron chi connectivity index (χ4n) is 4.04. The summed E-state index contributed by atoms with van der Waals surface area (Å²) in [6.45, 7) is 0.620. The van der Waals surface area contributed by atoms with Crippen LogP contribution in [0.15, 0.2) is 73.1 Å². The highest BCUT2D eigenvalue weighted by Gasteiger charge is 2.31. The molecule has 1 aliphatic rings. The molecular weight excluding hydrogens is 438 g/mol. The van der Waals surface area contributed by atoms with Crippen molar-refractivity contribution in [2.24, 2.45) is 0 Å². The zero-order valence-electron chi connectivity index (χ0n) is 18.5. The minimum atomic E-state index is -1.02. The summed E-state index contributed by atoms with van der Waals surface area (Å²) in [5.74, 6) is -1.62.